The highest BCUT2D eigenvalue weighted by Crippen LogP contribution is 2.43. The summed E-state index contributed by atoms with van der Waals surface area (Å²) in [6.07, 6.45) is 18.2. The number of hydrogen-bond acceptors (Lipinski definition) is 2. The third kappa shape index (κ3) is 8.25. The molecular weight excluding hydrogens is 384 g/mol. The van der Waals surface area contributed by atoms with Gasteiger partial charge < -0.3 is 9.84 Å². The van der Waals surface area contributed by atoms with Gasteiger partial charge in [-0.05, 0) is 102 Å². The Balaban J connectivity index is 1.70. The van der Waals surface area contributed by atoms with Crippen LogP contribution in [0.15, 0.2) is 34.9 Å². The fourth-order valence-electron chi connectivity index (χ4n) is 4.87. The molecule has 0 aromatic carbocycles. The zero-order chi connectivity index (χ0) is 23.0. The lowest BCUT2D eigenvalue weighted by atomic mass is 9.74. The van der Waals surface area contributed by atoms with Crippen LogP contribution < -0.4 is 0 Å². The number of rotatable bonds is 11. The summed E-state index contributed by atoms with van der Waals surface area (Å²) >= 11 is 0. The Morgan fingerprint density at radius 1 is 1.23 bits per heavy atom. The number of carboxylic acids is 1. The van der Waals surface area contributed by atoms with E-state index in [0.717, 1.165) is 50.9 Å². The van der Waals surface area contributed by atoms with Gasteiger partial charge in [0.1, 0.15) is 0 Å². The molecule has 1 heterocycles. The molecule has 31 heavy (non-hydrogen) atoms. The number of carbonyl (C=O) groups is 1. The van der Waals surface area contributed by atoms with Gasteiger partial charge in [-0.25, -0.2) is 0 Å². The summed E-state index contributed by atoms with van der Waals surface area (Å²) in [5, 5.41) is 8.96. The molecule has 3 nitrogen and oxygen atoms in total. The van der Waals surface area contributed by atoms with Crippen molar-refractivity contribution in [2.24, 2.45) is 17.8 Å². The Hall–Kier alpha value is -1.35. The molecule has 0 aromatic heterocycles. The lowest BCUT2D eigenvalue weighted by molar-refractivity contribution is -0.141. The van der Waals surface area contributed by atoms with Gasteiger partial charge in [0.2, 0.25) is 0 Å². The van der Waals surface area contributed by atoms with Crippen molar-refractivity contribution < 1.29 is 14.6 Å². The predicted octanol–water partition coefficient (Wildman–Crippen LogP) is 7.87. The highest BCUT2D eigenvalue weighted by molar-refractivity contribution is 5.69. The average Bonchev–Trinajstić information content (AvgIpc) is 2.71. The molecule has 176 valence electrons. The summed E-state index contributed by atoms with van der Waals surface area (Å²) in [5.41, 5.74) is 4.42. The third-order valence-corrected chi connectivity index (χ3v) is 7.67. The summed E-state index contributed by atoms with van der Waals surface area (Å²) in [6.45, 7) is 13.2. The van der Waals surface area contributed by atoms with Gasteiger partial charge >= 0.3 is 5.97 Å². The largest absolute Gasteiger partial charge is 0.481 e. The molecule has 5 atom stereocenters. The summed E-state index contributed by atoms with van der Waals surface area (Å²) in [5.74, 6) is 0.396. The van der Waals surface area contributed by atoms with Gasteiger partial charge in [0.15, 0.2) is 0 Å². The molecule has 1 aliphatic heterocycles. The van der Waals surface area contributed by atoms with E-state index in [2.05, 4.69) is 52.8 Å². The van der Waals surface area contributed by atoms with Crippen LogP contribution in [0.2, 0.25) is 0 Å². The van der Waals surface area contributed by atoms with E-state index < -0.39 is 5.97 Å². The molecule has 1 aliphatic carbocycles. The number of aliphatic carboxylic acids is 1. The standard InChI is InChI=1S/C28H46O3/c1-20(12-8-14-23(4)27(29)30)10-7-11-21(2)13-9-18-28(6)19-17-25-16-15-22(3)24(5)26(25)31-28/h12-13,16,22-24,26H,7-11,14-15,17-19H2,1-6H3,(H,29,30). The van der Waals surface area contributed by atoms with E-state index in [1.54, 1.807) is 12.5 Å². The van der Waals surface area contributed by atoms with Crippen LogP contribution in [0.3, 0.4) is 0 Å². The van der Waals surface area contributed by atoms with E-state index in [4.69, 9.17) is 9.84 Å². The summed E-state index contributed by atoms with van der Waals surface area (Å²) in [7, 11) is 0. The molecule has 0 spiro atoms. The van der Waals surface area contributed by atoms with Crippen molar-refractivity contribution in [3.05, 3.63) is 34.9 Å². The first-order valence-corrected chi connectivity index (χ1v) is 12.5. The molecule has 1 fully saturated rings. The predicted molar refractivity (Wildman–Crippen MR) is 130 cm³/mol. The van der Waals surface area contributed by atoms with Crippen molar-refractivity contribution in [3.63, 3.8) is 0 Å². The minimum absolute atomic E-state index is 0.0104. The normalized spacial score (nSPS) is 30.5. The molecule has 0 bridgehead atoms. The van der Waals surface area contributed by atoms with E-state index in [-0.39, 0.29) is 11.5 Å². The van der Waals surface area contributed by atoms with Gasteiger partial charge in [-0.1, -0.05) is 50.1 Å². The molecule has 0 saturated carbocycles. The van der Waals surface area contributed by atoms with E-state index in [0.29, 0.717) is 12.0 Å². The smallest absolute Gasteiger partial charge is 0.306 e. The quantitative estimate of drug-likeness (QED) is 0.339. The van der Waals surface area contributed by atoms with Crippen LogP contribution in [0.4, 0.5) is 0 Å². The maximum Gasteiger partial charge on any atom is 0.306 e. The first-order chi connectivity index (χ1) is 14.6. The summed E-state index contributed by atoms with van der Waals surface area (Å²) in [6, 6.07) is 0. The molecule has 2 aliphatic rings. The second kappa shape index (κ2) is 12.0. The Labute approximate surface area is 191 Å². The van der Waals surface area contributed by atoms with Crippen LogP contribution in [-0.4, -0.2) is 22.8 Å². The van der Waals surface area contributed by atoms with Crippen molar-refractivity contribution in [2.45, 2.75) is 117 Å². The van der Waals surface area contributed by atoms with Crippen LogP contribution in [0.1, 0.15) is 106 Å². The molecule has 1 saturated heterocycles. The van der Waals surface area contributed by atoms with Crippen molar-refractivity contribution in [1.29, 1.82) is 0 Å². The lowest BCUT2D eigenvalue weighted by Gasteiger charge is -2.46. The summed E-state index contributed by atoms with van der Waals surface area (Å²) in [4.78, 5) is 10.9. The number of hydrogen-bond donors (Lipinski definition) is 1. The molecule has 0 amide bonds. The average molecular weight is 431 g/mol. The number of fused-ring (bicyclic) bond motifs is 1. The minimum Gasteiger partial charge on any atom is -0.481 e. The number of allylic oxidation sites excluding steroid dienone is 5. The molecule has 2 rings (SSSR count). The van der Waals surface area contributed by atoms with Crippen molar-refractivity contribution in [1.82, 2.24) is 0 Å². The zero-order valence-corrected chi connectivity index (χ0v) is 20.9. The Morgan fingerprint density at radius 2 is 1.87 bits per heavy atom. The Kier molecular flexibility index (Phi) is 10.1. The topological polar surface area (TPSA) is 46.5 Å². The second-order valence-electron chi connectivity index (χ2n) is 10.6. The van der Waals surface area contributed by atoms with Crippen LogP contribution in [0, 0.1) is 17.8 Å². The monoisotopic (exact) mass is 430 g/mol. The maximum atomic E-state index is 10.9. The van der Waals surface area contributed by atoms with Crippen molar-refractivity contribution in [3.8, 4) is 0 Å². The van der Waals surface area contributed by atoms with Gasteiger partial charge in [-0.15, -0.1) is 0 Å². The van der Waals surface area contributed by atoms with Crippen molar-refractivity contribution >= 4 is 5.97 Å². The highest BCUT2D eigenvalue weighted by Gasteiger charge is 2.40. The van der Waals surface area contributed by atoms with Gasteiger partial charge in [-0.2, -0.15) is 0 Å². The molecule has 1 N–H and O–H groups in total. The van der Waals surface area contributed by atoms with Gasteiger partial charge in [0.25, 0.3) is 0 Å². The van der Waals surface area contributed by atoms with Crippen molar-refractivity contribution in [2.75, 3.05) is 0 Å². The maximum absolute atomic E-state index is 10.9. The first-order valence-electron chi connectivity index (χ1n) is 12.5. The second-order valence-corrected chi connectivity index (χ2v) is 10.6. The molecule has 0 radical (unpaired) electrons. The van der Waals surface area contributed by atoms with E-state index in [1.165, 1.54) is 30.4 Å². The van der Waals surface area contributed by atoms with Crippen LogP contribution in [0.5, 0.6) is 0 Å². The lowest BCUT2D eigenvalue weighted by Crippen LogP contribution is -2.44. The highest BCUT2D eigenvalue weighted by atomic mass is 16.5. The SMILES string of the molecule is CC(=CCCC(C)C(=O)O)CCCC(C)=CCCC1(C)CCC2=CCC(C)C(C)C2O1. The summed E-state index contributed by atoms with van der Waals surface area (Å²) < 4.78 is 6.68. The Bertz CT molecular complexity index is 686. The van der Waals surface area contributed by atoms with Gasteiger partial charge in [-0.3, -0.25) is 4.79 Å². The van der Waals surface area contributed by atoms with Gasteiger partial charge in [0.05, 0.1) is 17.6 Å². The molecule has 5 unspecified atom stereocenters. The Morgan fingerprint density at radius 3 is 2.52 bits per heavy atom. The van der Waals surface area contributed by atoms with E-state index >= 15 is 0 Å². The van der Waals surface area contributed by atoms with Crippen LogP contribution >= 0.6 is 0 Å². The molecular formula is C28H46O3. The minimum atomic E-state index is -0.695. The fourth-order valence-corrected chi connectivity index (χ4v) is 4.87. The zero-order valence-electron chi connectivity index (χ0n) is 20.9. The fraction of sp³-hybridized carbons (Fsp3) is 0.750. The van der Waals surface area contributed by atoms with E-state index in [1.807, 2.05) is 0 Å². The van der Waals surface area contributed by atoms with Crippen LogP contribution in [-0.2, 0) is 9.53 Å². The first kappa shape index (κ1) is 25.9. The van der Waals surface area contributed by atoms with E-state index in [9.17, 15) is 4.79 Å². The molecule has 0 aromatic rings. The molecule has 3 heteroatoms. The van der Waals surface area contributed by atoms with Crippen LogP contribution in [0.25, 0.3) is 0 Å². The number of ether oxygens (including phenoxy) is 1. The third-order valence-electron chi connectivity index (χ3n) is 7.67. The van der Waals surface area contributed by atoms with Gasteiger partial charge in [0, 0.05) is 0 Å². The number of carboxylic acid groups (broad SMARTS) is 1.